The van der Waals surface area contributed by atoms with Crippen molar-refractivity contribution in [3.05, 3.63) is 65.9 Å². The van der Waals surface area contributed by atoms with Gasteiger partial charge in [-0.1, -0.05) is 31.1 Å². The van der Waals surface area contributed by atoms with Gasteiger partial charge in [-0.05, 0) is 61.5 Å². The number of carbonyl (C=O) groups excluding carboxylic acids is 1. The number of amides is 1. The summed E-state index contributed by atoms with van der Waals surface area (Å²) in [4.78, 5) is 12.7. The second-order valence-electron chi connectivity index (χ2n) is 7.56. The van der Waals surface area contributed by atoms with Gasteiger partial charge in [0, 0.05) is 11.8 Å². The van der Waals surface area contributed by atoms with Crippen molar-refractivity contribution >= 4 is 44.8 Å². The molecule has 0 aliphatic heterocycles. The van der Waals surface area contributed by atoms with Crippen LogP contribution in [0.25, 0.3) is 0 Å². The summed E-state index contributed by atoms with van der Waals surface area (Å²) in [6, 6.07) is 14.2. The molecule has 0 fully saturated rings. The fourth-order valence-electron chi connectivity index (χ4n) is 2.70. The first-order valence-electron chi connectivity index (χ1n) is 10.0. The lowest BCUT2D eigenvalue weighted by Gasteiger charge is -2.14. The number of aryl methyl sites for hydroxylation is 1. The minimum absolute atomic E-state index is 0.0277. The number of benzene rings is 2. The van der Waals surface area contributed by atoms with E-state index in [4.69, 9.17) is 21.5 Å². The maximum atomic E-state index is 12.7. The summed E-state index contributed by atoms with van der Waals surface area (Å²) in [6.07, 6.45) is 0. The summed E-state index contributed by atoms with van der Waals surface area (Å²) < 4.78 is 37.8. The number of rotatable bonds is 8. The third kappa shape index (κ3) is 6.77. The molecule has 0 unspecified atom stereocenters. The highest BCUT2D eigenvalue weighted by atomic mass is 32.2. The number of hydrogen-bond acceptors (Lipinski definition) is 7. The van der Waals surface area contributed by atoms with Gasteiger partial charge in [0.1, 0.15) is 11.5 Å². The molecule has 174 valence electrons. The second kappa shape index (κ2) is 10.5. The molecule has 1 heterocycles. The Morgan fingerprint density at radius 2 is 1.85 bits per heavy atom. The van der Waals surface area contributed by atoms with E-state index in [-0.39, 0.29) is 15.8 Å². The van der Waals surface area contributed by atoms with Crippen molar-refractivity contribution in [1.29, 1.82) is 0 Å². The highest BCUT2D eigenvalue weighted by Gasteiger charge is 2.17. The Morgan fingerprint density at radius 1 is 1.15 bits per heavy atom. The van der Waals surface area contributed by atoms with Crippen LogP contribution in [0, 0.1) is 12.8 Å². The lowest BCUT2D eigenvalue weighted by molar-refractivity contribution is 0.0973. The molecular weight excluding hydrogens is 464 g/mol. The number of para-hydroxylation sites is 1. The van der Waals surface area contributed by atoms with E-state index in [1.807, 2.05) is 13.8 Å². The van der Waals surface area contributed by atoms with Gasteiger partial charge in [0.2, 0.25) is 0 Å². The van der Waals surface area contributed by atoms with Crippen LogP contribution in [0.5, 0.6) is 5.75 Å². The van der Waals surface area contributed by atoms with Crippen molar-refractivity contribution in [2.75, 3.05) is 16.6 Å². The van der Waals surface area contributed by atoms with Crippen LogP contribution in [0.2, 0.25) is 0 Å². The standard InChI is InChI=1S/C22H24N4O5S2/c1-14(2)13-30-19-7-5-4-6-18(19)21(27)24-22(32)23-16-8-10-17(11-9-16)33(28,29)26-20-12-15(3)31-25-20/h4-12,14H,13H2,1-3H3,(H,25,26)(H2,23,24,27,32). The van der Waals surface area contributed by atoms with Gasteiger partial charge in [0.25, 0.3) is 15.9 Å². The van der Waals surface area contributed by atoms with E-state index < -0.39 is 15.9 Å². The summed E-state index contributed by atoms with van der Waals surface area (Å²) in [5, 5.41) is 9.14. The molecular formula is C22H24N4O5S2. The summed E-state index contributed by atoms with van der Waals surface area (Å²) in [5.41, 5.74) is 0.860. The molecule has 0 spiro atoms. The number of nitrogens with zero attached hydrogens (tertiary/aromatic N) is 1. The first-order chi connectivity index (χ1) is 15.6. The van der Waals surface area contributed by atoms with Crippen molar-refractivity contribution in [1.82, 2.24) is 10.5 Å². The third-order valence-corrected chi connectivity index (χ3v) is 5.80. The third-order valence-electron chi connectivity index (χ3n) is 4.22. The van der Waals surface area contributed by atoms with Crippen molar-refractivity contribution in [3.63, 3.8) is 0 Å². The number of aromatic nitrogens is 1. The fraction of sp³-hybridized carbons (Fsp3) is 0.227. The Kier molecular flexibility index (Phi) is 7.67. The first kappa shape index (κ1) is 24.2. The molecule has 11 heteroatoms. The zero-order chi connectivity index (χ0) is 24.0. The molecule has 0 saturated heterocycles. The van der Waals surface area contributed by atoms with Gasteiger partial charge in [-0.2, -0.15) is 0 Å². The predicted octanol–water partition coefficient (Wildman–Crippen LogP) is 3.95. The molecule has 0 bridgehead atoms. The number of carbonyl (C=O) groups is 1. The van der Waals surface area contributed by atoms with E-state index >= 15 is 0 Å². The Balaban J connectivity index is 1.61. The monoisotopic (exact) mass is 488 g/mol. The van der Waals surface area contributed by atoms with Gasteiger partial charge in [-0.15, -0.1) is 0 Å². The summed E-state index contributed by atoms with van der Waals surface area (Å²) in [6.45, 7) is 6.17. The van der Waals surface area contributed by atoms with Crippen molar-refractivity contribution < 1.29 is 22.5 Å². The molecule has 2 aromatic carbocycles. The minimum atomic E-state index is -3.83. The maximum Gasteiger partial charge on any atom is 0.263 e. The SMILES string of the molecule is Cc1cc(NS(=O)(=O)c2ccc(NC(=S)NC(=O)c3ccccc3OCC(C)C)cc2)no1. The largest absolute Gasteiger partial charge is 0.492 e. The molecule has 33 heavy (non-hydrogen) atoms. The van der Waals surface area contributed by atoms with Gasteiger partial charge >= 0.3 is 0 Å². The Labute approximate surface area is 197 Å². The molecule has 3 rings (SSSR count). The van der Waals surface area contributed by atoms with Gasteiger partial charge < -0.3 is 14.6 Å². The normalized spacial score (nSPS) is 11.2. The van der Waals surface area contributed by atoms with Crippen molar-refractivity contribution in [2.24, 2.45) is 5.92 Å². The minimum Gasteiger partial charge on any atom is -0.492 e. The van der Waals surface area contributed by atoms with Gasteiger partial charge in [0.05, 0.1) is 17.1 Å². The van der Waals surface area contributed by atoms with Crippen LogP contribution in [-0.2, 0) is 10.0 Å². The lowest BCUT2D eigenvalue weighted by Crippen LogP contribution is -2.34. The quantitative estimate of drug-likeness (QED) is 0.408. The molecule has 1 aromatic heterocycles. The molecule has 9 nitrogen and oxygen atoms in total. The molecule has 1 amide bonds. The Bertz CT molecular complexity index is 1240. The van der Waals surface area contributed by atoms with Gasteiger partial charge in [-0.25, -0.2) is 8.42 Å². The number of sulfonamides is 1. The number of hydrogen-bond donors (Lipinski definition) is 3. The summed E-state index contributed by atoms with van der Waals surface area (Å²) in [7, 11) is -3.83. The van der Waals surface area contributed by atoms with Crippen LogP contribution in [-0.4, -0.2) is 31.2 Å². The predicted molar refractivity (Wildman–Crippen MR) is 129 cm³/mol. The smallest absolute Gasteiger partial charge is 0.263 e. The van der Waals surface area contributed by atoms with Crippen LogP contribution in [0.3, 0.4) is 0 Å². The van der Waals surface area contributed by atoms with Crippen LogP contribution in [0.1, 0.15) is 30.0 Å². The Morgan fingerprint density at radius 3 is 2.48 bits per heavy atom. The topological polar surface area (TPSA) is 123 Å². The molecule has 0 aliphatic rings. The zero-order valence-electron chi connectivity index (χ0n) is 18.3. The number of nitrogens with one attached hydrogen (secondary N) is 3. The van der Waals surface area contributed by atoms with Gasteiger partial charge in [-0.3, -0.25) is 14.8 Å². The lowest BCUT2D eigenvalue weighted by atomic mass is 10.2. The highest BCUT2D eigenvalue weighted by Crippen LogP contribution is 2.20. The van der Waals surface area contributed by atoms with Gasteiger partial charge in [0.15, 0.2) is 10.9 Å². The Hall–Kier alpha value is -3.44. The number of anilines is 2. The van der Waals surface area contributed by atoms with Crippen molar-refractivity contribution in [2.45, 2.75) is 25.7 Å². The van der Waals surface area contributed by atoms with Crippen LogP contribution >= 0.6 is 12.2 Å². The van der Waals surface area contributed by atoms with E-state index in [1.165, 1.54) is 30.3 Å². The van der Waals surface area contributed by atoms with E-state index in [1.54, 1.807) is 31.2 Å². The molecule has 3 aromatic rings. The number of thiocarbonyl (C=S) groups is 1. The second-order valence-corrected chi connectivity index (χ2v) is 9.65. The number of ether oxygens (including phenoxy) is 1. The summed E-state index contributed by atoms with van der Waals surface area (Å²) >= 11 is 5.22. The molecule has 0 atom stereocenters. The van der Waals surface area contributed by atoms with E-state index in [0.717, 1.165) is 0 Å². The average Bonchev–Trinajstić information content (AvgIpc) is 3.16. The molecule has 0 radical (unpaired) electrons. The molecule has 0 saturated carbocycles. The van der Waals surface area contributed by atoms with E-state index in [0.29, 0.717) is 35.3 Å². The summed E-state index contributed by atoms with van der Waals surface area (Å²) in [5.74, 6) is 0.938. The fourth-order valence-corrected chi connectivity index (χ4v) is 3.89. The average molecular weight is 489 g/mol. The maximum absolute atomic E-state index is 12.7. The van der Waals surface area contributed by atoms with Crippen LogP contribution in [0.4, 0.5) is 11.5 Å². The van der Waals surface area contributed by atoms with Crippen molar-refractivity contribution in [3.8, 4) is 5.75 Å². The highest BCUT2D eigenvalue weighted by molar-refractivity contribution is 7.92. The van der Waals surface area contributed by atoms with E-state index in [9.17, 15) is 13.2 Å². The van der Waals surface area contributed by atoms with Crippen LogP contribution in [0.15, 0.2) is 64.0 Å². The van der Waals surface area contributed by atoms with Crippen LogP contribution < -0.4 is 20.1 Å². The first-order valence-corrected chi connectivity index (χ1v) is 11.9. The van der Waals surface area contributed by atoms with E-state index in [2.05, 4.69) is 20.5 Å². The molecule has 0 aliphatic carbocycles. The molecule has 3 N–H and O–H groups in total. The zero-order valence-corrected chi connectivity index (χ0v) is 19.9.